The summed E-state index contributed by atoms with van der Waals surface area (Å²) >= 11 is 1.34. The fourth-order valence-corrected chi connectivity index (χ4v) is 4.03. The number of nitrogens with one attached hydrogen (secondary N) is 2. The van der Waals surface area contributed by atoms with Gasteiger partial charge >= 0.3 is 0 Å². The lowest BCUT2D eigenvalue weighted by Crippen LogP contribution is -2.37. The lowest BCUT2D eigenvalue weighted by Gasteiger charge is -2.18. The molecule has 0 fully saturated rings. The normalized spacial score (nSPS) is 11.5. The molecule has 1 aromatic heterocycles. The van der Waals surface area contributed by atoms with Crippen molar-refractivity contribution < 1.29 is 14.0 Å². The molecule has 1 heterocycles. The maximum Gasteiger partial charge on any atom is 0.253 e. The number of rotatable bonds is 7. The van der Waals surface area contributed by atoms with Crippen molar-refractivity contribution in [1.82, 2.24) is 10.3 Å². The molecule has 32 heavy (non-hydrogen) atoms. The Kier molecular flexibility index (Phi) is 6.67. The molecule has 160 valence electrons. The number of anilines is 1. The third-order valence-electron chi connectivity index (χ3n) is 4.78. The third-order valence-corrected chi connectivity index (χ3v) is 5.69. The molecule has 0 saturated heterocycles. The second-order valence-electron chi connectivity index (χ2n) is 7.11. The highest BCUT2D eigenvalue weighted by Gasteiger charge is 2.24. The first-order chi connectivity index (χ1) is 15.6. The van der Waals surface area contributed by atoms with E-state index in [1.165, 1.54) is 23.5 Å². The Hall–Kier alpha value is -3.84. The van der Waals surface area contributed by atoms with Crippen molar-refractivity contribution in [1.29, 1.82) is 0 Å². The standard InChI is InChI=1S/C25H20FN3O2S/c26-20-13-11-17(12-14-20)15-21-16-27-25(32-21)29-24(31)22(18-7-3-1-4-8-18)28-23(30)19-9-5-2-6-10-19/h1-14,16,22H,15H2,(H,28,30)(H,27,29,31). The van der Waals surface area contributed by atoms with Gasteiger partial charge in [-0.05, 0) is 35.4 Å². The minimum absolute atomic E-state index is 0.282. The van der Waals surface area contributed by atoms with Crippen LogP contribution in [0, 0.1) is 5.82 Å². The van der Waals surface area contributed by atoms with Gasteiger partial charge in [-0.3, -0.25) is 14.9 Å². The van der Waals surface area contributed by atoms with Crippen molar-refractivity contribution in [2.24, 2.45) is 0 Å². The van der Waals surface area contributed by atoms with Gasteiger partial charge < -0.3 is 5.32 Å². The molecule has 0 saturated carbocycles. The molecular formula is C25H20FN3O2S. The Morgan fingerprint density at radius 3 is 2.25 bits per heavy atom. The number of hydrogen-bond acceptors (Lipinski definition) is 4. The van der Waals surface area contributed by atoms with Crippen molar-refractivity contribution in [2.75, 3.05) is 5.32 Å². The van der Waals surface area contributed by atoms with Gasteiger partial charge in [0.2, 0.25) is 0 Å². The van der Waals surface area contributed by atoms with Gasteiger partial charge in [0.1, 0.15) is 11.9 Å². The molecule has 0 radical (unpaired) electrons. The van der Waals surface area contributed by atoms with Crippen LogP contribution < -0.4 is 10.6 Å². The molecule has 4 aromatic rings. The molecule has 1 unspecified atom stereocenters. The van der Waals surface area contributed by atoms with Gasteiger partial charge in [0.05, 0.1) is 0 Å². The first kappa shape index (κ1) is 21.4. The summed E-state index contributed by atoms with van der Waals surface area (Å²) in [6.07, 6.45) is 2.27. The van der Waals surface area contributed by atoms with E-state index in [4.69, 9.17) is 0 Å². The second kappa shape index (κ2) is 9.98. The number of carbonyl (C=O) groups excluding carboxylic acids is 2. The molecular weight excluding hydrogens is 425 g/mol. The van der Waals surface area contributed by atoms with Gasteiger partial charge in [-0.15, -0.1) is 11.3 Å². The Balaban J connectivity index is 1.48. The van der Waals surface area contributed by atoms with Gasteiger partial charge in [-0.2, -0.15) is 0 Å². The van der Waals surface area contributed by atoms with Crippen molar-refractivity contribution in [3.8, 4) is 0 Å². The monoisotopic (exact) mass is 445 g/mol. The minimum Gasteiger partial charge on any atom is -0.336 e. The number of halogens is 1. The Morgan fingerprint density at radius 1 is 0.906 bits per heavy atom. The Bertz CT molecular complexity index is 1190. The molecule has 3 aromatic carbocycles. The molecule has 0 aliphatic rings. The van der Waals surface area contributed by atoms with Crippen LogP contribution in [0.4, 0.5) is 9.52 Å². The van der Waals surface area contributed by atoms with E-state index in [0.29, 0.717) is 22.7 Å². The topological polar surface area (TPSA) is 71.1 Å². The molecule has 0 spiro atoms. The van der Waals surface area contributed by atoms with Gasteiger partial charge in [0.25, 0.3) is 11.8 Å². The van der Waals surface area contributed by atoms with Crippen LogP contribution in [-0.2, 0) is 11.2 Å². The molecule has 0 bridgehead atoms. The summed E-state index contributed by atoms with van der Waals surface area (Å²) in [6.45, 7) is 0. The van der Waals surface area contributed by atoms with Crippen LogP contribution in [0.5, 0.6) is 0 Å². The Labute approximate surface area is 189 Å². The SMILES string of the molecule is O=C(NC(C(=O)Nc1ncc(Cc2ccc(F)cc2)s1)c1ccccc1)c1ccccc1. The Morgan fingerprint density at radius 2 is 1.56 bits per heavy atom. The molecule has 7 heteroatoms. The van der Waals surface area contributed by atoms with Gasteiger partial charge in [0.15, 0.2) is 5.13 Å². The van der Waals surface area contributed by atoms with E-state index in [1.54, 1.807) is 54.7 Å². The predicted molar refractivity (Wildman–Crippen MR) is 123 cm³/mol. The summed E-state index contributed by atoms with van der Waals surface area (Å²) in [6, 6.07) is 23.2. The molecule has 2 N–H and O–H groups in total. The van der Waals surface area contributed by atoms with E-state index in [-0.39, 0.29) is 17.6 Å². The van der Waals surface area contributed by atoms with Gasteiger partial charge in [0, 0.05) is 23.1 Å². The highest BCUT2D eigenvalue weighted by atomic mass is 32.1. The maximum atomic E-state index is 13.1. The van der Waals surface area contributed by atoms with Gasteiger partial charge in [-0.1, -0.05) is 60.7 Å². The average molecular weight is 446 g/mol. The van der Waals surface area contributed by atoms with Crippen LogP contribution in [-0.4, -0.2) is 16.8 Å². The summed E-state index contributed by atoms with van der Waals surface area (Å²) in [7, 11) is 0. The van der Waals surface area contributed by atoms with Crippen molar-refractivity contribution in [3.05, 3.63) is 119 Å². The second-order valence-corrected chi connectivity index (χ2v) is 8.22. The van der Waals surface area contributed by atoms with Crippen molar-refractivity contribution in [2.45, 2.75) is 12.5 Å². The molecule has 0 aliphatic carbocycles. The van der Waals surface area contributed by atoms with Crippen molar-refractivity contribution >= 4 is 28.3 Å². The summed E-state index contributed by atoms with van der Waals surface area (Å²) in [5, 5.41) is 6.05. The summed E-state index contributed by atoms with van der Waals surface area (Å²) in [5.41, 5.74) is 2.08. The molecule has 4 rings (SSSR count). The van der Waals surface area contributed by atoms with E-state index in [9.17, 15) is 14.0 Å². The molecule has 2 amide bonds. The van der Waals surface area contributed by atoms with Crippen LogP contribution in [0.3, 0.4) is 0 Å². The number of thiazole rings is 1. The summed E-state index contributed by atoms with van der Waals surface area (Å²) < 4.78 is 13.1. The fourth-order valence-electron chi connectivity index (χ4n) is 3.18. The van der Waals surface area contributed by atoms with E-state index in [1.807, 2.05) is 24.3 Å². The van der Waals surface area contributed by atoms with Gasteiger partial charge in [-0.25, -0.2) is 9.37 Å². The lowest BCUT2D eigenvalue weighted by atomic mass is 10.1. The molecule has 0 aliphatic heterocycles. The number of carbonyl (C=O) groups is 2. The van der Waals surface area contributed by atoms with Crippen LogP contribution in [0.15, 0.2) is 91.1 Å². The number of hydrogen-bond donors (Lipinski definition) is 2. The zero-order valence-corrected chi connectivity index (χ0v) is 17.8. The quantitative estimate of drug-likeness (QED) is 0.421. The number of amides is 2. The highest BCUT2D eigenvalue weighted by Crippen LogP contribution is 2.23. The summed E-state index contributed by atoms with van der Waals surface area (Å²) in [5.74, 6) is -1.01. The van der Waals surface area contributed by atoms with E-state index in [2.05, 4.69) is 15.6 Å². The molecule has 5 nitrogen and oxygen atoms in total. The van der Waals surface area contributed by atoms with E-state index < -0.39 is 6.04 Å². The average Bonchev–Trinajstić information content (AvgIpc) is 3.26. The van der Waals surface area contributed by atoms with Crippen LogP contribution >= 0.6 is 11.3 Å². The highest BCUT2D eigenvalue weighted by molar-refractivity contribution is 7.15. The third kappa shape index (κ3) is 5.44. The number of aromatic nitrogens is 1. The first-order valence-corrected chi connectivity index (χ1v) is 10.8. The van der Waals surface area contributed by atoms with E-state index in [0.717, 1.165) is 10.4 Å². The summed E-state index contributed by atoms with van der Waals surface area (Å²) in [4.78, 5) is 31.0. The van der Waals surface area contributed by atoms with Crippen LogP contribution in [0.2, 0.25) is 0 Å². The molecule has 1 atom stereocenters. The predicted octanol–water partition coefficient (Wildman–Crippen LogP) is 4.98. The maximum absolute atomic E-state index is 13.1. The largest absolute Gasteiger partial charge is 0.336 e. The first-order valence-electron chi connectivity index (χ1n) is 9.99. The van der Waals surface area contributed by atoms with E-state index >= 15 is 0 Å². The zero-order valence-electron chi connectivity index (χ0n) is 17.0. The fraction of sp³-hybridized carbons (Fsp3) is 0.0800. The smallest absolute Gasteiger partial charge is 0.253 e. The van der Waals surface area contributed by atoms with Crippen LogP contribution in [0.25, 0.3) is 0 Å². The zero-order chi connectivity index (χ0) is 22.3. The van der Waals surface area contributed by atoms with Crippen molar-refractivity contribution in [3.63, 3.8) is 0 Å². The lowest BCUT2D eigenvalue weighted by molar-refractivity contribution is -0.118. The van der Waals surface area contributed by atoms with Crippen LogP contribution in [0.1, 0.15) is 32.4 Å². The number of nitrogens with zero attached hydrogens (tertiary/aromatic N) is 1. The minimum atomic E-state index is -0.881. The number of benzene rings is 3.